The van der Waals surface area contributed by atoms with E-state index in [0.717, 1.165) is 0 Å². The lowest BCUT2D eigenvalue weighted by Crippen LogP contribution is -2.20. The van der Waals surface area contributed by atoms with E-state index in [1.807, 2.05) is 0 Å². The number of carbonyl (C=O) groups excluding carboxylic acids is 2. The van der Waals surface area contributed by atoms with Gasteiger partial charge in [0.05, 0.1) is 32.9 Å². The van der Waals surface area contributed by atoms with Crippen LogP contribution >= 0.6 is 0 Å². The van der Waals surface area contributed by atoms with E-state index < -0.39 is 11.8 Å². The van der Waals surface area contributed by atoms with E-state index in [0.29, 0.717) is 5.69 Å². The molecule has 1 heterocycles. The van der Waals surface area contributed by atoms with Crippen LogP contribution in [0.3, 0.4) is 0 Å². The highest BCUT2D eigenvalue weighted by Gasteiger charge is 2.17. The molecule has 0 N–H and O–H groups in total. The van der Waals surface area contributed by atoms with Gasteiger partial charge in [-0.05, 0) is 6.92 Å². The van der Waals surface area contributed by atoms with Crippen LogP contribution in [0.1, 0.15) is 12.6 Å². The Morgan fingerprint density at radius 3 is 2.50 bits per heavy atom. The molecule has 18 heavy (non-hydrogen) atoms. The Morgan fingerprint density at radius 2 is 1.94 bits per heavy atom. The van der Waals surface area contributed by atoms with Crippen molar-refractivity contribution in [2.24, 2.45) is 0 Å². The first-order valence-corrected chi connectivity index (χ1v) is 5.26. The second-order valence-electron chi connectivity index (χ2n) is 3.21. The lowest BCUT2D eigenvalue weighted by Gasteiger charge is -2.05. The van der Waals surface area contributed by atoms with Gasteiger partial charge in [0.25, 0.3) is 0 Å². The minimum absolute atomic E-state index is 0.0704. The van der Waals surface area contributed by atoms with Crippen LogP contribution < -0.4 is 9.47 Å². The fraction of sp³-hybridized carbons (Fsp3) is 0.455. The van der Waals surface area contributed by atoms with Crippen LogP contribution in [0.4, 0.5) is 0 Å². The van der Waals surface area contributed by atoms with Gasteiger partial charge in [-0.3, -0.25) is 4.79 Å². The second-order valence-corrected chi connectivity index (χ2v) is 3.21. The van der Waals surface area contributed by atoms with E-state index in [1.54, 1.807) is 6.92 Å². The highest BCUT2D eigenvalue weighted by atomic mass is 16.5. The number of hydrogen-bond donors (Lipinski definition) is 0. The molecule has 7 nitrogen and oxygen atoms in total. The number of ether oxygens (including phenoxy) is 3. The van der Waals surface area contributed by atoms with E-state index in [2.05, 4.69) is 14.7 Å². The van der Waals surface area contributed by atoms with Crippen LogP contribution in [-0.2, 0) is 20.7 Å². The molecule has 1 aromatic rings. The second kappa shape index (κ2) is 6.53. The summed E-state index contributed by atoms with van der Waals surface area (Å²) in [6.45, 7) is 1.78. The van der Waals surface area contributed by atoms with Crippen LogP contribution in [0.5, 0.6) is 11.9 Å². The Bertz CT molecular complexity index is 425. The number of Topliss-reactive ketones (excluding diaryl/α,β-unsaturated/α-hetero) is 1. The summed E-state index contributed by atoms with van der Waals surface area (Å²) in [5.41, 5.74) is 0.330. The largest absolute Gasteiger partial charge is 0.481 e. The summed E-state index contributed by atoms with van der Waals surface area (Å²) in [6.07, 6.45) is -0.186. The Balaban J connectivity index is 2.83. The smallest absolute Gasteiger partial charge is 0.375 e. The average molecular weight is 254 g/mol. The maximum absolute atomic E-state index is 11.5. The number of hydrogen-bond acceptors (Lipinski definition) is 7. The minimum Gasteiger partial charge on any atom is -0.481 e. The summed E-state index contributed by atoms with van der Waals surface area (Å²) < 4.78 is 14.4. The quantitative estimate of drug-likeness (QED) is 0.528. The molecular formula is C11H14N2O5. The summed E-state index contributed by atoms with van der Waals surface area (Å²) >= 11 is 0. The zero-order valence-electron chi connectivity index (χ0n) is 10.4. The van der Waals surface area contributed by atoms with Gasteiger partial charge in [-0.1, -0.05) is 0 Å². The number of rotatable bonds is 6. The number of nitrogens with zero attached hydrogens (tertiary/aromatic N) is 2. The first-order chi connectivity index (χ1) is 8.60. The molecule has 0 saturated heterocycles. The maximum Gasteiger partial charge on any atom is 0.375 e. The highest BCUT2D eigenvalue weighted by molar-refractivity contribution is 6.34. The number of esters is 1. The summed E-state index contributed by atoms with van der Waals surface area (Å²) in [5.74, 6) is -1.30. The monoisotopic (exact) mass is 254 g/mol. The first-order valence-electron chi connectivity index (χ1n) is 5.26. The van der Waals surface area contributed by atoms with Crippen LogP contribution in [0.2, 0.25) is 0 Å². The van der Waals surface area contributed by atoms with Gasteiger partial charge in [-0.15, -0.1) is 0 Å². The molecule has 0 saturated carbocycles. The van der Waals surface area contributed by atoms with Crippen molar-refractivity contribution in [3.63, 3.8) is 0 Å². The molecule has 98 valence electrons. The Morgan fingerprint density at radius 1 is 1.22 bits per heavy atom. The van der Waals surface area contributed by atoms with Crippen molar-refractivity contribution in [1.29, 1.82) is 0 Å². The average Bonchev–Trinajstić information content (AvgIpc) is 2.38. The van der Waals surface area contributed by atoms with Gasteiger partial charge < -0.3 is 14.2 Å². The lowest BCUT2D eigenvalue weighted by atomic mass is 10.2. The lowest BCUT2D eigenvalue weighted by molar-refractivity contribution is -0.153. The van der Waals surface area contributed by atoms with Gasteiger partial charge in [0.2, 0.25) is 11.7 Å². The van der Waals surface area contributed by atoms with Crippen LogP contribution in [-0.4, -0.2) is 42.5 Å². The van der Waals surface area contributed by atoms with Gasteiger partial charge >= 0.3 is 12.0 Å². The molecule has 0 atom stereocenters. The molecule has 0 bridgehead atoms. The highest BCUT2D eigenvalue weighted by Crippen LogP contribution is 2.14. The molecule has 1 aromatic heterocycles. The van der Waals surface area contributed by atoms with Crippen molar-refractivity contribution in [2.75, 3.05) is 20.8 Å². The third kappa shape index (κ3) is 3.69. The van der Waals surface area contributed by atoms with E-state index >= 15 is 0 Å². The molecule has 0 aromatic carbocycles. The molecule has 0 fully saturated rings. The topological polar surface area (TPSA) is 87.6 Å². The molecule has 1 rings (SSSR count). The number of aromatic nitrogens is 2. The summed E-state index contributed by atoms with van der Waals surface area (Å²) in [5, 5.41) is 0. The van der Waals surface area contributed by atoms with Crippen molar-refractivity contribution in [2.45, 2.75) is 13.3 Å². The number of ketones is 1. The van der Waals surface area contributed by atoms with Gasteiger partial charge in [-0.2, -0.15) is 9.97 Å². The third-order valence-electron chi connectivity index (χ3n) is 1.97. The molecule has 0 amide bonds. The molecule has 0 spiro atoms. The zero-order valence-corrected chi connectivity index (χ0v) is 10.4. The first kappa shape index (κ1) is 13.9. The molecule has 0 unspecified atom stereocenters. The summed E-state index contributed by atoms with van der Waals surface area (Å²) in [7, 11) is 2.82. The van der Waals surface area contributed by atoms with Crippen molar-refractivity contribution < 1.29 is 23.8 Å². The fourth-order valence-corrected chi connectivity index (χ4v) is 1.18. The Hall–Kier alpha value is -2.18. The summed E-state index contributed by atoms with van der Waals surface area (Å²) in [6, 6.07) is 1.53. The van der Waals surface area contributed by atoms with Crippen LogP contribution in [0, 0.1) is 0 Å². The molecule has 7 heteroatoms. The minimum atomic E-state index is -0.881. The number of carbonyl (C=O) groups is 2. The molecule has 0 radical (unpaired) electrons. The van der Waals surface area contributed by atoms with Gasteiger partial charge in [0, 0.05) is 6.07 Å². The predicted octanol–water partition coefficient (Wildman–Crippen LogP) is 0.168. The standard InChI is InChI=1S/C11H14N2O5/c1-4-18-10(15)8(14)5-7-6-9(16-2)13-11(12-7)17-3/h6H,4-5H2,1-3H3. The SMILES string of the molecule is CCOC(=O)C(=O)Cc1cc(OC)nc(OC)n1. The van der Waals surface area contributed by atoms with E-state index in [-0.39, 0.29) is 24.9 Å². The Labute approximate surface area is 104 Å². The van der Waals surface area contributed by atoms with Gasteiger partial charge in [0.1, 0.15) is 0 Å². The van der Waals surface area contributed by atoms with Crippen LogP contribution in [0.25, 0.3) is 0 Å². The van der Waals surface area contributed by atoms with Crippen molar-refractivity contribution >= 4 is 11.8 Å². The van der Waals surface area contributed by atoms with E-state index in [9.17, 15) is 9.59 Å². The predicted molar refractivity (Wildman–Crippen MR) is 60.5 cm³/mol. The van der Waals surface area contributed by atoms with Crippen molar-refractivity contribution in [1.82, 2.24) is 9.97 Å². The van der Waals surface area contributed by atoms with Crippen molar-refractivity contribution in [3.8, 4) is 11.9 Å². The normalized spacial score (nSPS) is 9.72. The van der Waals surface area contributed by atoms with Crippen LogP contribution in [0.15, 0.2) is 6.07 Å². The van der Waals surface area contributed by atoms with Gasteiger partial charge in [0.15, 0.2) is 0 Å². The third-order valence-corrected chi connectivity index (χ3v) is 1.97. The van der Waals surface area contributed by atoms with E-state index in [1.165, 1.54) is 20.3 Å². The molecule has 0 aliphatic heterocycles. The Kier molecular flexibility index (Phi) is 5.04. The fourth-order valence-electron chi connectivity index (χ4n) is 1.18. The maximum atomic E-state index is 11.5. The summed E-state index contributed by atoms with van der Waals surface area (Å²) in [4.78, 5) is 30.5. The van der Waals surface area contributed by atoms with E-state index in [4.69, 9.17) is 9.47 Å². The molecule has 0 aliphatic rings. The van der Waals surface area contributed by atoms with Gasteiger partial charge in [-0.25, -0.2) is 4.79 Å². The number of methoxy groups -OCH3 is 2. The molecule has 0 aliphatic carbocycles. The molecular weight excluding hydrogens is 240 g/mol. The zero-order chi connectivity index (χ0) is 13.5. The van der Waals surface area contributed by atoms with Crippen molar-refractivity contribution in [3.05, 3.63) is 11.8 Å².